The Bertz CT molecular complexity index is 735. The number of nitrogens with zero attached hydrogens (tertiary/aromatic N) is 1. The predicted molar refractivity (Wildman–Crippen MR) is 109 cm³/mol. The van der Waals surface area contributed by atoms with E-state index >= 15 is 0 Å². The van der Waals surface area contributed by atoms with Crippen LogP contribution in [0.25, 0.3) is 0 Å². The van der Waals surface area contributed by atoms with Crippen LogP contribution in [-0.2, 0) is 20.7 Å². The van der Waals surface area contributed by atoms with Gasteiger partial charge in [0, 0.05) is 17.8 Å². The first kappa shape index (κ1) is 24.4. The molecular weight excluding hydrogens is 374 g/mol. The van der Waals surface area contributed by atoms with E-state index in [4.69, 9.17) is 4.74 Å². The molecule has 0 bridgehead atoms. The third kappa shape index (κ3) is 9.91. The van der Waals surface area contributed by atoms with Gasteiger partial charge in [-0.05, 0) is 51.7 Å². The van der Waals surface area contributed by atoms with Crippen molar-refractivity contribution in [3.8, 4) is 0 Å². The average Bonchev–Trinajstić information content (AvgIpc) is 2.50. The van der Waals surface area contributed by atoms with Gasteiger partial charge in [-0.2, -0.15) is 0 Å². The molecule has 1 heterocycles. The van der Waals surface area contributed by atoms with E-state index in [-0.39, 0.29) is 11.8 Å². The van der Waals surface area contributed by atoms with E-state index < -0.39 is 35.7 Å². The molecule has 0 aromatic carbocycles. The summed E-state index contributed by atoms with van der Waals surface area (Å²) in [5.41, 5.74) is 0.321. The SMILES string of the molecule is Cc1cccc(C[C@H](NC(=O)[C@@H](CC(C)(C)C)NC(=O)OC(C)(C)C)C(=O)O)n1. The molecule has 8 heteroatoms. The van der Waals surface area contributed by atoms with Crippen molar-refractivity contribution in [1.29, 1.82) is 0 Å². The minimum absolute atomic E-state index is 0.0391. The van der Waals surface area contributed by atoms with Gasteiger partial charge in [-0.15, -0.1) is 0 Å². The molecule has 8 nitrogen and oxygen atoms in total. The van der Waals surface area contributed by atoms with Crippen molar-refractivity contribution < 1.29 is 24.2 Å². The first-order valence-electron chi connectivity index (χ1n) is 9.61. The van der Waals surface area contributed by atoms with Gasteiger partial charge in [0.15, 0.2) is 0 Å². The van der Waals surface area contributed by atoms with Crippen LogP contribution in [0.1, 0.15) is 59.4 Å². The van der Waals surface area contributed by atoms with Crippen LogP contribution < -0.4 is 10.6 Å². The number of hydrogen-bond acceptors (Lipinski definition) is 5. The maximum absolute atomic E-state index is 12.8. The van der Waals surface area contributed by atoms with Gasteiger partial charge in [-0.3, -0.25) is 9.78 Å². The summed E-state index contributed by atoms with van der Waals surface area (Å²) in [6.45, 7) is 12.8. The number of carboxylic acid groups (broad SMARTS) is 1. The molecule has 0 radical (unpaired) electrons. The maximum Gasteiger partial charge on any atom is 0.408 e. The van der Waals surface area contributed by atoms with Crippen molar-refractivity contribution in [2.75, 3.05) is 0 Å². The number of alkyl carbamates (subject to hydrolysis) is 1. The lowest BCUT2D eigenvalue weighted by molar-refractivity contribution is -0.142. The molecule has 0 fully saturated rings. The third-order valence-corrected chi connectivity index (χ3v) is 3.80. The number of aromatic nitrogens is 1. The number of hydrogen-bond donors (Lipinski definition) is 3. The molecule has 0 saturated heterocycles. The van der Waals surface area contributed by atoms with E-state index in [2.05, 4.69) is 15.6 Å². The fraction of sp³-hybridized carbons (Fsp3) is 0.619. The van der Waals surface area contributed by atoms with Gasteiger partial charge in [0.05, 0.1) is 0 Å². The number of nitrogens with one attached hydrogen (secondary N) is 2. The lowest BCUT2D eigenvalue weighted by Crippen LogP contribution is -2.53. The van der Waals surface area contributed by atoms with E-state index in [0.717, 1.165) is 5.69 Å². The summed E-state index contributed by atoms with van der Waals surface area (Å²) in [7, 11) is 0. The number of carbonyl (C=O) groups is 3. The van der Waals surface area contributed by atoms with Crippen molar-refractivity contribution in [3.05, 3.63) is 29.6 Å². The summed E-state index contributed by atoms with van der Waals surface area (Å²) >= 11 is 0. The summed E-state index contributed by atoms with van der Waals surface area (Å²) in [6.07, 6.45) is -0.376. The molecule has 1 aromatic heterocycles. The number of aryl methyl sites for hydroxylation is 1. The zero-order valence-corrected chi connectivity index (χ0v) is 18.3. The molecule has 29 heavy (non-hydrogen) atoms. The number of aliphatic carboxylic acids is 1. The topological polar surface area (TPSA) is 118 Å². The summed E-state index contributed by atoms with van der Waals surface area (Å²) in [4.78, 5) is 41.0. The quantitative estimate of drug-likeness (QED) is 0.640. The highest BCUT2D eigenvalue weighted by atomic mass is 16.6. The second-order valence-electron chi connectivity index (χ2n) is 9.34. The lowest BCUT2D eigenvalue weighted by atomic mass is 9.87. The van der Waals surface area contributed by atoms with Gasteiger partial charge in [0.2, 0.25) is 5.91 Å². The van der Waals surface area contributed by atoms with Crippen LogP contribution in [0.4, 0.5) is 4.79 Å². The zero-order valence-electron chi connectivity index (χ0n) is 18.3. The molecule has 0 aliphatic carbocycles. The Morgan fingerprint density at radius 1 is 1.07 bits per heavy atom. The van der Waals surface area contributed by atoms with Crippen LogP contribution >= 0.6 is 0 Å². The molecule has 1 rings (SSSR count). The molecule has 0 unspecified atom stereocenters. The smallest absolute Gasteiger partial charge is 0.408 e. The molecule has 2 amide bonds. The van der Waals surface area contributed by atoms with Crippen molar-refractivity contribution in [3.63, 3.8) is 0 Å². The Labute approximate surface area is 172 Å². The predicted octanol–water partition coefficient (Wildman–Crippen LogP) is 2.83. The van der Waals surface area contributed by atoms with E-state index in [1.807, 2.05) is 33.8 Å². The fourth-order valence-electron chi connectivity index (χ4n) is 2.67. The number of pyridine rings is 1. The van der Waals surface area contributed by atoms with Crippen molar-refractivity contribution in [2.45, 2.75) is 79.0 Å². The van der Waals surface area contributed by atoms with Gasteiger partial charge in [-0.25, -0.2) is 9.59 Å². The van der Waals surface area contributed by atoms with Gasteiger partial charge in [0.1, 0.15) is 17.7 Å². The average molecular weight is 408 g/mol. The molecule has 1 aromatic rings. The Morgan fingerprint density at radius 3 is 2.17 bits per heavy atom. The number of ether oxygens (including phenoxy) is 1. The zero-order chi connectivity index (χ0) is 22.4. The minimum atomic E-state index is -1.17. The van der Waals surface area contributed by atoms with Crippen LogP contribution in [0.5, 0.6) is 0 Å². The van der Waals surface area contributed by atoms with Crippen molar-refractivity contribution in [1.82, 2.24) is 15.6 Å². The fourth-order valence-corrected chi connectivity index (χ4v) is 2.67. The summed E-state index contributed by atoms with van der Waals surface area (Å²) in [5, 5.41) is 14.6. The second kappa shape index (κ2) is 9.71. The molecule has 3 N–H and O–H groups in total. The van der Waals surface area contributed by atoms with Crippen LogP contribution in [0.3, 0.4) is 0 Å². The van der Waals surface area contributed by atoms with Crippen LogP contribution in [-0.4, -0.2) is 45.7 Å². The van der Waals surface area contributed by atoms with Crippen LogP contribution in [0.2, 0.25) is 0 Å². The van der Waals surface area contributed by atoms with Crippen LogP contribution in [0, 0.1) is 12.3 Å². The minimum Gasteiger partial charge on any atom is -0.480 e. The highest BCUT2D eigenvalue weighted by Gasteiger charge is 2.31. The van der Waals surface area contributed by atoms with Gasteiger partial charge >= 0.3 is 12.1 Å². The monoisotopic (exact) mass is 407 g/mol. The first-order chi connectivity index (χ1) is 13.2. The molecule has 0 aliphatic heterocycles. The van der Waals surface area contributed by atoms with Crippen molar-refractivity contribution >= 4 is 18.0 Å². The third-order valence-electron chi connectivity index (χ3n) is 3.80. The lowest BCUT2D eigenvalue weighted by Gasteiger charge is -2.28. The van der Waals surface area contributed by atoms with Gasteiger partial charge < -0.3 is 20.5 Å². The molecule has 0 spiro atoms. The Balaban J connectivity index is 2.94. The van der Waals surface area contributed by atoms with Gasteiger partial charge in [0.25, 0.3) is 0 Å². The van der Waals surface area contributed by atoms with E-state index in [1.165, 1.54) is 0 Å². The highest BCUT2D eigenvalue weighted by molar-refractivity contribution is 5.89. The van der Waals surface area contributed by atoms with Crippen molar-refractivity contribution in [2.24, 2.45) is 5.41 Å². The Kier molecular flexibility index (Phi) is 8.17. The largest absolute Gasteiger partial charge is 0.480 e. The normalized spacial score (nSPS) is 13.9. The number of amides is 2. The van der Waals surface area contributed by atoms with Crippen LogP contribution in [0.15, 0.2) is 18.2 Å². The van der Waals surface area contributed by atoms with Gasteiger partial charge in [-0.1, -0.05) is 26.8 Å². The number of carbonyl (C=O) groups excluding carboxylic acids is 2. The maximum atomic E-state index is 12.8. The first-order valence-corrected chi connectivity index (χ1v) is 9.61. The summed E-state index contributed by atoms with van der Waals surface area (Å²) in [5.74, 6) is -1.75. The molecule has 2 atom stereocenters. The number of carboxylic acids is 1. The molecule has 162 valence electrons. The second-order valence-corrected chi connectivity index (χ2v) is 9.34. The molecular formula is C21H33N3O5. The van der Waals surface area contributed by atoms with E-state index in [0.29, 0.717) is 12.1 Å². The molecule has 0 saturated carbocycles. The number of rotatable bonds is 7. The Morgan fingerprint density at radius 2 is 1.69 bits per heavy atom. The van der Waals surface area contributed by atoms with E-state index in [1.54, 1.807) is 32.9 Å². The molecule has 0 aliphatic rings. The van der Waals surface area contributed by atoms with E-state index in [9.17, 15) is 19.5 Å². The summed E-state index contributed by atoms with van der Waals surface area (Å²) in [6, 6.07) is 3.20. The standard InChI is InChI=1S/C21H33N3O5/c1-13-9-8-10-14(22-13)11-15(18(26)27)23-17(25)16(12-20(2,3)4)24-19(28)29-21(5,6)7/h8-10,15-16H,11-12H2,1-7H3,(H,23,25)(H,24,28)(H,26,27)/t15-,16+/m0/s1. The highest BCUT2D eigenvalue weighted by Crippen LogP contribution is 2.21. The summed E-state index contributed by atoms with van der Waals surface area (Å²) < 4.78 is 5.24. The Hall–Kier alpha value is -2.64.